The molecule has 1 fully saturated rings. The van der Waals surface area contributed by atoms with E-state index in [-0.39, 0.29) is 5.92 Å². The van der Waals surface area contributed by atoms with E-state index in [0.717, 1.165) is 30.9 Å². The molecule has 0 spiro atoms. The van der Waals surface area contributed by atoms with Gasteiger partial charge in [-0.1, -0.05) is 42.5 Å². The predicted octanol–water partition coefficient (Wildman–Crippen LogP) is 3.61. The van der Waals surface area contributed by atoms with Gasteiger partial charge in [-0.3, -0.25) is 0 Å². The lowest BCUT2D eigenvalue weighted by molar-refractivity contribution is 0.123. The minimum Gasteiger partial charge on any atom is -0.497 e. The normalized spacial score (nSPS) is 17.8. The average Bonchev–Trinajstić information content (AvgIpc) is 3.13. The lowest BCUT2D eigenvalue weighted by Crippen LogP contribution is -2.29. The van der Waals surface area contributed by atoms with Gasteiger partial charge in [0.15, 0.2) is 0 Å². The smallest absolute Gasteiger partial charge is 0.118 e. The zero-order valence-electron chi connectivity index (χ0n) is 13.7. The molecule has 1 aliphatic rings. The van der Waals surface area contributed by atoms with E-state index in [1.807, 2.05) is 42.5 Å². The Bertz CT molecular complexity index is 591. The summed E-state index contributed by atoms with van der Waals surface area (Å²) in [5.74, 6) is 0.902. The van der Waals surface area contributed by atoms with Gasteiger partial charge in [-0.25, -0.2) is 0 Å². The molecule has 0 radical (unpaired) electrons. The first-order valence-electron chi connectivity index (χ1n) is 8.37. The van der Waals surface area contributed by atoms with Crippen molar-refractivity contribution < 1.29 is 9.84 Å². The summed E-state index contributed by atoms with van der Waals surface area (Å²) in [7, 11) is 1.66. The number of benzene rings is 2. The third kappa shape index (κ3) is 3.92. The molecule has 0 saturated carbocycles. The first-order chi connectivity index (χ1) is 11.3. The molecule has 0 bridgehead atoms. The first-order valence-corrected chi connectivity index (χ1v) is 8.37. The Kier molecular flexibility index (Phi) is 5.31. The maximum atomic E-state index is 11.0. The van der Waals surface area contributed by atoms with E-state index in [2.05, 4.69) is 17.0 Å². The summed E-state index contributed by atoms with van der Waals surface area (Å²) in [5, 5.41) is 11.0. The van der Waals surface area contributed by atoms with Gasteiger partial charge in [0.2, 0.25) is 0 Å². The summed E-state index contributed by atoms with van der Waals surface area (Å²) in [6.45, 7) is 3.18. The summed E-state index contributed by atoms with van der Waals surface area (Å²) in [4.78, 5) is 2.46. The highest BCUT2D eigenvalue weighted by atomic mass is 16.5. The Labute approximate surface area is 138 Å². The minimum absolute atomic E-state index is 0.0858. The van der Waals surface area contributed by atoms with Crippen LogP contribution < -0.4 is 4.74 Å². The van der Waals surface area contributed by atoms with Crippen LogP contribution in [0.3, 0.4) is 0 Å². The van der Waals surface area contributed by atoms with Gasteiger partial charge in [0.25, 0.3) is 0 Å². The molecule has 2 aromatic carbocycles. The summed E-state index contributed by atoms with van der Waals surface area (Å²) >= 11 is 0. The Morgan fingerprint density at radius 2 is 1.61 bits per heavy atom. The van der Waals surface area contributed by atoms with Gasteiger partial charge in [-0.15, -0.1) is 0 Å². The van der Waals surface area contributed by atoms with Crippen LogP contribution in [0.4, 0.5) is 0 Å². The summed E-state index contributed by atoms with van der Waals surface area (Å²) < 4.78 is 5.21. The monoisotopic (exact) mass is 311 g/mol. The third-order valence-corrected chi connectivity index (χ3v) is 4.72. The number of likely N-dealkylation sites (tertiary alicyclic amines) is 1. The van der Waals surface area contributed by atoms with Crippen molar-refractivity contribution in [3.63, 3.8) is 0 Å². The molecule has 1 aliphatic heterocycles. The van der Waals surface area contributed by atoms with Crippen molar-refractivity contribution in [1.82, 2.24) is 4.90 Å². The second-order valence-corrected chi connectivity index (χ2v) is 6.24. The third-order valence-electron chi connectivity index (χ3n) is 4.72. The molecule has 1 heterocycles. The lowest BCUT2D eigenvalue weighted by Gasteiger charge is -2.28. The van der Waals surface area contributed by atoms with E-state index in [0.29, 0.717) is 0 Å². The number of aliphatic hydroxyl groups excluding tert-OH is 1. The van der Waals surface area contributed by atoms with Gasteiger partial charge in [0, 0.05) is 12.5 Å². The Hall–Kier alpha value is -1.84. The number of methoxy groups -OCH3 is 1. The maximum absolute atomic E-state index is 11.0. The fourth-order valence-electron chi connectivity index (χ4n) is 3.36. The fourth-order valence-corrected chi connectivity index (χ4v) is 3.36. The van der Waals surface area contributed by atoms with Gasteiger partial charge < -0.3 is 14.7 Å². The van der Waals surface area contributed by atoms with Crippen LogP contribution >= 0.6 is 0 Å². The summed E-state index contributed by atoms with van der Waals surface area (Å²) in [6, 6.07) is 18.1. The number of hydrogen-bond acceptors (Lipinski definition) is 3. The van der Waals surface area contributed by atoms with E-state index >= 15 is 0 Å². The molecular formula is C20H25NO2. The zero-order chi connectivity index (χ0) is 16.1. The average molecular weight is 311 g/mol. The highest BCUT2D eigenvalue weighted by Crippen LogP contribution is 2.33. The highest BCUT2D eigenvalue weighted by molar-refractivity contribution is 5.32. The van der Waals surface area contributed by atoms with E-state index in [9.17, 15) is 5.11 Å². The Balaban J connectivity index is 1.83. The fraction of sp³-hybridized carbons (Fsp3) is 0.400. The van der Waals surface area contributed by atoms with Gasteiger partial charge in [-0.05, 0) is 49.2 Å². The van der Waals surface area contributed by atoms with E-state index in [1.54, 1.807) is 7.11 Å². The van der Waals surface area contributed by atoms with Crippen LogP contribution in [0.25, 0.3) is 0 Å². The SMILES string of the molecule is COc1ccc([C@@H](O)[C@@H](CN2CCCC2)c2ccccc2)cc1. The minimum atomic E-state index is -0.510. The molecular weight excluding hydrogens is 286 g/mol. The number of ether oxygens (including phenoxy) is 1. The second-order valence-electron chi connectivity index (χ2n) is 6.24. The van der Waals surface area contributed by atoms with Crippen molar-refractivity contribution in [1.29, 1.82) is 0 Å². The standard InChI is InChI=1S/C20H25NO2/c1-23-18-11-9-17(10-12-18)20(22)19(15-21-13-5-6-14-21)16-7-3-2-4-8-16/h2-4,7-12,19-20,22H,5-6,13-15H2,1H3/t19-,20+/m0/s1. The quantitative estimate of drug-likeness (QED) is 0.884. The van der Waals surface area contributed by atoms with Crippen LogP contribution in [-0.4, -0.2) is 36.8 Å². The van der Waals surface area contributed by atoms with Crippen LogP contribution in [0.15, 0.2) is 54.6 Å². The van der Waals surface area contributed by atoms with Crippen molar-refractivity contribution in [2.45, 2.75) is 24.9 Å². The molecule has 2 aromatic rings. The molecule has 122 valence electrons. The van der Waals surface area contributed by atoms with Crippen molar-refractivity contribution in [3.8, 4) is 5.75 Å². The molecule has 23 heavy (non-hydrogen) atoms. The van der Waals surface area contributed by atoms with Gasteiger partial charge in [-0.2, -0.15) is 0 Å². The van der Waals surface area contributed by atoms with E-state index in [1.165, 1.54) is 18.4 Å². The van der Waals surface area contributed by atoms with Gasteiger partial charge in [0.05, 0.1) is 13.2 Å². The van der Waals surface area contributed by atoms with Crippen LogP contribution in [0.5, 0.6) is 5.75 Å². The largest absolute Gasteiger partial charge is 0.497 e. The van der Waals surface area contributed by atoms with E-state index < -0.39 is 6.10 Å². The zero-order valence-corrected chi connectivity index (χ0v) is 13.7. The van der Waals surface area contributed by atoms with Crippen LogP contribution in [0, 0.1) is 0 Å². The Morgan fingerprint density at radius 1 is 0.957 bits per heavy atom. The predicted molar refractivity (Wildman–Crippen MR) is 92.8 cm³/mol. The lowest BCUT2D eigenvalue weighted by atomic mass is 9.88. The van der Waals surface area contributed by atoms with E-state index in [4.69, 9.17) is 4.74 Å². The summed E-state index contributed by atoms with van der Waals surface area (Å²) in [5.41, 5.74) is 2.14. The summed E-state index contributed by atoms with van der Waals surface area (Å²) in [6.07, 6.45) is 2.02. The van der Waals surface area contributed by atoms with Crippen molar-refractivity contribution in [2.75, 3.05) is 26.7 Å². The van der Waals surface area contributed by atoms with Crippen LogP contribution in [0.2, 0.25) is 0 Å². The molecule has 1 N–H and O–H groups in total. The molecule has 0 unspecified atom stereocenters. The van der Waals surface area contributed by atoms with Crippen LogP contribution in [-0.2, 0) is 0 Å². The van der Waals surface area contributed by atoms with Crippen molar-refractivity contribution in [2.24, 2.45) is 0 Å². The molecule has 2 atom stereocenters. The molecule has 0 aliphatic carbocycles. The Morgan fingerprint density at radius 3 is 2.22 bits per heavy atom. The molecule has 0 aromatic heterocycles. The number of nitrogens with zero attached hydrogens (tertiary/aromatic N) is 1. The van der Waals surface area contributed by atoms with Crippen molar-refractivity contribution in [3.05, 3.63) is 65.7 Å². The number of aliphatic hydroxyl groups is 1. The molecule has 3 rings (SSSR count). The molecule has 3 heteroatoms. The maximum Gasteiger partial charge on any atom is 0.118 e. The van der Waals surface area contributed by atoms with Gasteiger partial charge in [0.1, 0.15) is 5.75 Å². The second kappa shape index (κ2) is 7.62. The van der Waals surface area contributed by atoms with Crippen LogP contribution in [0.1, 0.15) is 36.0 Å². The highest BCUT2D eigenvalue weighted by Gasteiger charge is 2.26. The van der Waals surface area contributed by atoms with Gasteiger partial charge >= 0.3 is 0 Å². The molecule has 1 saturated heterocycles. The van der Waals surface area contributed by atoms with Crippen molar-refractivity contribution >= 4 is 0 Å². The topological polar surface area (TPSA) is 32.7 Å². The number of hydrogen-bond donors (Lipinski definition) is 1. The first kappa shape index (κ1) is 16.0. The molecule has 3 nitrogen and oxygen atoms in total. The number of rotatable bonds is 6. The molecule has 0 amide bonds.